The number of imidazole rings is 1. The van der Waals surface area contributed by atoms with Gasteiger partial charge in [0.2, 0.25) is 5.91 Å². The van der Waals surface area contributed by atoms with Gasteiger partial charge >= 0.3 is 0 Å². The van der Waals surface area contributed by atoms with Crippen molar-refractivity contribution in [1.82, 2.24) is 9.55 Å². The zero-order valence-corrected chi connectivity index (χ0v) is 16.8. The predicted octanol–water partition coefficient (Wildman–Crippen LogP) is 5.06. The van der Waals surface area contributed by atoms with Crippen LogP contribution in [0.1, 0.15) is 54.7 Å². The number of nitrogens with zero attached hydrogens (tertiary/aromatic N) is 3. The molecule has 1 aliphatic rings. The van der Waals surface area contributed by atoms with Crippen LogP contribution in [0.25, 0.3) is 11.0 Å². The lowest BCUT2D eigenvalue weighted by molar-refractivity contribution is -0.117. The molecule has 4 heteroatoms. The molecule has 4 rings (SSSR count). The fraction of sp³-hybridized carbons (Fsp3) is 0.391. The van der Waals surface area contributed by atoms with Gasteiger partial charge in [-0.05, 0) is 57.9 Å². The van der Waals surface area contributed by atoms with Crippen molar-refractivity contribution in [3.8, 4) is 0 Å². The van der Waals surface area contributed by atoms with Crippen molar-refractivity contribution < 1.29 is 4.79 Å². The Hall–Kier alpha value is -2.62. The first-order valence-electron chi connectivity index (χ1n) is 9.72. The van der Waals surface area contributed by atoms with E-state index >= 15 is 0 Å². The van der Waals surface area contributed by atoms with E-state index < -0.39 is 0 Å². The van der Waals surface area contributed by atoms with Crippen LogP contribution in [0.15, 0.2) is 36.4 Å². The Morgan fingerprint density at radius 3 is 2.41 bits per heavy atom. The number of fused-ring (bicyclic) bond motifs is 1. The van der Waals surface area contributed by atoms with Crippen molar-refractivity contribution in [2.45, 2.75) is 53.0 Å². The fourth-order valence-electron chi connectivity index (χ4n) is 4.59. The summed E-state index contributed by atoms with van der Waals surface area (Å²) in [7, 11) is 0. The monoisotopic (exact) mass is 361 g/mol. The summed E-state index contributed by atoms with van der Waals surface area (Å²) in [6.45, 7) is 11.3. The van der Waals surface area contributed by atoms with E-state index in [2.05, 4.69) is 69.5 Å². The number of carbonyl (C=O) groups is 1. The Morgan fingerprint density at radius 1 is 1.07 bits per heavy atom. The van der Waals surface area contributed by atoms with Gasteiger partial charge in [0.1, 0.15) is 5.82 Å². The van der Waals surface area contributed by atoms with Crippen LogP contribution in [0.4, 0.5) is 5.69 Å². The van der Waals surface area contributed by atoms with E-state index in [0.29, 0.717) is 19.0 Å². The lowest BCUT2D eigenvalue weighted by atomic mass is 10.0. The van der Waals surface area contributed by atoms with Crippen molar-refractivity contribution in [2.24, 2.45) is 0 Å². The van der Waals surface area contributed by atoms with Gasteiger partial charge in [-0.25, -0.2) is 4.98 Å². The van der Waals surface area contributed by atoms with Gasteiger partial charge in [-0.1, -0.05) is 29.8 Å². The molecule has 140 valence electrons. The Kier molecular flexibility index (Phi) is 4.29. The molecule has 1 aromatic heterocycles. The minimum Gasteiger partial charge on any atom is -0.325 e. The first kappa shape index (κ1) is 17.8. The predicted molar refractivity (Wildman–Crippen MR) is 110 cm³/mol. The Bertz CT molecular complexity index is 1010. The summed E-state index contributed by atoms with van der Waals surface area (Å²) >= 11 is 0. The second-order valence-corrected chi connectivity index (χ2v) is 8.08. The van der Waals surface area contributed by atoms with Crippen LogP contribution in [0.2, 0.25) is 0 Å². The summed E-state index contributed by atoms with van der Waals surface area (Å²) in [5.41, 5.74) is 6.79. The second kappa shape index (κ2) is 6.52. The van der Waals surface area contributed by atoms with Crippen LogP contribution in [-0.2, 0) is 4.79 Å². The SMILES string of the molecule is Cc1cc(C)c(N2C[C@@H](c3nc4ccccc4n3C(C)C)CC2=O)c(C)c1. The number of benzene rings is 2. The maximum absolute atomic E-state index is 12.9. The third kappa shape index (κ3) is 2.93. The Labute approximate surface area is 160 Å². The summed E-state index contributed by atoms with van der Waals surface area (Å²) in [5, 5.41) is 0. The molecule has 1 atom stereocenters. The number of anilines is 1. The van der Waals surface area contributed by atoms with E-state index in [1.807, 2.05) is 11.0 Å². The Morgan fingerprint density at radius 2 is 1.74 bits per heavy atom. The molecular weight excluding hydrogens is 334 g/mol. The first-order chi connectivity index (χ1) is 12.9. The Balaban J connectivity index is 1.76. The summed E-state index contributed by atoms with van der Waals surface area (Å²) in [6, 6.07) is 12.9. The van der Waals surface area contributed by atoms with Gasteiger partial charge in [0.15, 0.2) is 0 Å². The number of hydrogen-bond donors (Lipinski definition) is 0. The van der Waals surface area contributed by atoms with Crippen molar-refractivity contribution in [2.75, 3.05) is 11.4 Å². The van der Waals surface area contributed by atoms with Crippen LogP contribution in [0.3, 0.4) is 0 Å². The van der Waals surface area contributed by atoms with Gasteiger partial charge in [-0.3, -0.25) is 4.79 Å². The molecule has 0 radical (unpaired) electrons. The van der Waals surface area contributed by atoms with E-state index in [0.717, 1.165) is 22.5 Å². The van der Waals surface area contributed by atoms with Crippen LogP contribution in [-0.4, -0.2) is 22.0 Å². The van der Waals surface area contributed by atoms with Crippen molar-refractivity contribution >= 4 is 22.6 Å². The van der Waals surface area contributed by atoms with Gasteiger partial charge < -0.3 is 9.47 Å². The highest BCUT2D eigenvalue weighted by atomic mass is 16.2. The summed E-state index contributed by atoms with van der Waals surface area (Å²) in [6.07, 6.45) is 0.517. The molecule has 0 spiro atoms. The summed E-state index contributed by atoms with van der Waals surface area (Å²) in [4.78, 5) is 19.8. The molecule has 0 bridgehead atoms. The van der Waals surface area contributed by atoms with Crippen LogP contribution in [0, 0.1) is 20.8 Å². The molecular formula is C23H27N3O. The molecule has 2 heterocycles. The first-order valence-corrected chi connectivity index (χ1v) is 9.72. The number of amides is 1. The number of aryl methyl sites for hydroxylation is 3. The van der Waals surface area contributed by atoms with Crippen LogP contribution < -0.4 is 4.90 Å². The van der Waals surface area contributed by atoms with Gasteiger partial charge in [0, 0.05) is 30.6 Å². The van der Waals surface area contributed by atoms with Gasteiger partial charge in [0.05, 0.1) is 11.0 Å². The molecule has 0 aliphatic carbocycles. The third-order valence-electron chi connectivity index (χ3n) is 5.53. The average molecular weight is 361 g/mol. The highest BCUT2D eigenvalue weighted by molar-refractivity contribution is 5.98. The average Bonchev–Trinajstić information content (AvgIpc) is 3.15. The molecule has 2 aromatic carbocycles. The molecule has 0 N–H and O–H groups in total. The number of rotatable bonds is 3. The van der Waals surface area contributed by atoms with E-state index in [1.54, 1.807) is 0 Å². The molecule has 0 saturated carbocycles. The topological polar surface area (TPSA) is 38.1 Å². The smallest absolute Gasteiger partial charge is 0.227 e. The fourth-order valence-corrected chi connectivity index (χ4v) is 4.59. The van der Waals surface area contributed by atoms with Crippen molar-refractivity contribution in [1.29, 1.82) is 0 Å². The van der Waals surface area contributed by atoms with Crippen LogP contribution in [0.5, 0.6) is 0 Å². The van der Waals surface area contributed by atoms with Crippen molar-refractivity contribution in [3.05, 3.63) is 58.9 Å². The van der Waals surface area contributed by atoms with Crippen LogP contribution >= 0.6 is 0 Å². The lowest BCUT2D eigenvalue weighted by Gasteiger charge is -2.22. The van der Waals surface area contributed by atoms with Crippen molar-refractivity contribution in [3.63, 3.8) is 0 Å². The zero-order valence-electron chi connectivity index (χ0n) is 16.8. The molecule has 3 aromatic rings. The normalized spacial score (nSPS) is 17.5. The lowest BCUT2D eigenvalue weighted by Crippen LogP contribution is -2.26. The third-order valence-corrected chi connectivity index (χ3v) is 5.53. The molecule has 4 nitrogen and oxygen atoms in total. The quantitative estimate of drug-likeness (QED) is 0.654. The number of aromatic nitrogens is 2. The van der Waals surface area contributed by atoms with E-state index in [-0.39, 0.29) is 11.8 Å². The van der Waals surface area contributed by atoms with Gasteiger partial charge in [-0.2, -0.15) is 0 Å². The molecule has 1 aliphatic heterocycles. The van der Waals surface area contributed by atoms with E-state index in [9.17, 15) is 4.79 Å². The number of carbonyl (C=O) groups excluding carboxylic acids is 1. The summed E-state index contributed by atoms with van der Waals surface area (Å²) in [5.74, 6) is 1.34. The zero-order chi connectivity index (χ0) is 19.3. The minimum atomic E-state index is 0.118. The maximum Gasteiger partial charge on any atom is 0.227 e. The highest BCUT2D eigenvalue weighted by Crippen LogP contribution is 2.37. The number of para-hydroxylation sites is 2. The standard InChI is InChI=1S/C23H27N3O/c1-14(2)26-20-9-7-6-8-19(20)24-23(26)18-12-21(27)25(13-18)22-16(4)10-15(3)11-17(22)5/h6-11,14,18H,12-13H2,1-5H3/t18-/m0/s1. The molecule has 1 amide bonds. The minimum absolute atomic E-state index is 0.118. The molecule has 1 saturated heterocycles. The van der Waals surface area contributed by atoms with E-state index in [4.69, 9.17) is 4.98 Å². The maximum atomic E-state index is 12.9. The number of hydrogen-bond acceptors (Lipinski definition) is 2. The highest BCUT2D eigenvalue weighted by Gasteiger charge is 2.36. The molecule has 1 fully saturated rings. The molecule has 0 unspecified atom stereocenters. The largest absolute Gasteiger partial charge is 0.325 e. The van der Waals surface area contributed by atoms with Gasteiger partial charge in [-0.15, -0.1) is 0 Å². The second-order valence-electron chi connectivity index (χ2n) is 8.08. The molecule has 27 heavy (non-hydrogen) atoms. The van der Waals surface area contributed by atoms with E-state index in [1.165, 1.54) is 16.7 Å². The summed E-state index contributed by atoms with van der Waals surface area (Å²) < 4.78 is 2.30. The van der Waals surface area contributed by atoms with Gasteiger partial charge in [0.25, 0.3) is 0 Å².